The molecule has 0 aromatic heterocycles. The minimum atomic E-state index is -0.100. The van der Waals surface area contributed by atoms with Crippen molar-refractivity contribution in [2.75, 3.05) is 24.2 Å². The lowest BCUT2D eigenvalue weighted by molar-refractivity contribution is 0.0963. The SMILES string of the molecule is CCN(Cc1ccccc1)c1cc(N)ccc1C(=O)NC. The van der Waals surface area contributed by atoms with E-state index < -0.39 is 0 Å². The highest BCUT2D eigenvalue weighted by molar-refractivity contribution is 6.00. The summed E-state index contributed by atoms with van der Waals surface area (Å²) in [5, 5.41) is 2.68. The molecule has 0 bridgehead atoms. The van der Waals surface area contributed by atoms with Gasteiger partial charge in [-0.3, -0.25) is 4.79 Å². The number of nitrogens with zero attached hydrogens (tertiary/aromatic N) is 1. The first-order valence-corrected chi connectivity index (χ1v) is 7.06. The highest BCUT2D eigenvalue weighted by Gasteiger charge is 2.15. The second kappa shape index (κ2) is 6.79. The van der Waals surface area contributed by atoms with Crippen LogP contribution in [0.2, 0.25) is 0 Å². The van der Waals surface area contributed by atoms with Gasteiger partial charge in [-0.05, 0) is 30.7 Å². The predicted molar refractivity (Wildman–Crippen MR) is 87.4 cm³/mol. The molecular weight excluding hydrogens is 262 g/mol. The number of hydrogen-bond donors (Lipinski definition) is 2. The van der Waals surface area contributed by atoms with Crippen molar-refractivity contribution >= 4 is 17.3 Å². The molecule has 0 spiro atoms. The molecule has 2 aromatic rings. The molecule has 21 heavy (non-hydrogen) atoms. The number of nitrogens with two attached hydrogens (primary N) is 1. The zero-order chi connectivity index (χ0) is 15.2. The van der Waals surface area contributed by atoms with Gasteiger partial charge in [0, 0.05) is 25.8 Å². The Morgan fingerprint density at radius 1 is 1.19 bits per heavy atom. The molecule has 0 radical (unpaired) electrons. The van der Waals surface area contributed by atoms with Gasteiger partial charge >= 0.3 is 0 Å². The zero-order valence-corrected chi connectivity index (χ0v) is 12.5. The van der Waals surface area contributed by atoms with E-state index in [9.17, 15) is 4.79 Å². The molecule has 2 rings (SSSR count). The van der Waals surface area contributed by atoms with Crippen molar-refractivity contribution in [2.45, 2.75) is 13.5 Å². The van der Waals surface area contributed by atoms with Gasteiger partial charge in [-0.15, -0.1) is 0 Å². The molecule has 4 heteroatoms. The average Bonchev–Trinajstić information content (AvgIpc) is 2.52. The molecule has 0 aliphatic rings. The predicted octanol–water partition coefficient (Wildman–Crippen LogP) is 2.65. The van der Waals surface area contributed by atoms with E-state index in [-0.39, 0.29) is 5.91 Å². The first-order chi connectivity index (χ1) is 10.2. The fourth-order valence-corrected chi connectivity index (χ4v) is 2.31. The zero-order valence-electron chi connectivity index (χ0n) is 12.5. The van der Waals surface area contributed by atoms with Crippen molar-refractivity contribution < 1.29 is 4.79 Å². The van der Waals surface area contributed by atoms with Crippen LogP contribution in [0.3, 0.4) is 0 Å². The fourth-order valence-electron chi connectivity index (χ4n) is 2.31. The summed E-state index contributed by atoms with van der Waals surface area (Å²) in [6, 6.07) is 15.6. The number of amides is 1. The Kier molecular flexibility index (Phi) is 4.82. The monoisotopic (exact) mass is 283 g/mol. The van der Waals surface area contributed by atoms with Gasteiger partial charge < -0.3 is 16.0 Å². The van der Waals surface area contributed by atoms with Crippen molar-refractivity contribution in [1.29, 1.82) is 0 Å². The number of nitrogen functional groups attached to an aromatic ring is 1. The highest BCUT2D eigenvalue weighted by Crippen LogP contribution is 2.25. The number of rotatable bonds is 5. The largest absolute Gasteiger partial charge is 0.399 e. The first-order valence-electron chi connectivity index (χ1n) is 7.06. The smallest absolute Gasteiger partial charge is 0.253 e. The van der Waals surface area contributed by atoms with Crippen molar-refractivity contribution in [1.82, 2.24) is 5.32 Å². The minimum absolute atomic E-state index is 0.100. The van der Waals surface area contributed by atoms with Gasteiger partial charge in [0.25, 0.3) is 5.91 Å². The molecule has 1 amide bonds. The van der Waals surface area contributed by atoms with E-state index in [2.05, 4.69) is 29.3 Å². The number of carbonyl (C=O) groups is 1. The number of benzene rings is 2. The normalized spacial score (nSPS) is 10.2. The maximum absolute atomic E-state index is 12.0. The van der Waals surface area contributed by atoms with Crippen LogP contribution in [0.4, 0.5) is 11.4 Å². The van der Waals surface area contributed by atoms with E-state index in [1.807, 2.05) is 24.3 Å². The maximum Gasteiger partial charge on any atom is 0.253 e. The molecule has 0 atom stereocenters. The first kappa shape index (κ1) is 14.9. The fraction of sp³-hybridized carbons (Fsp3) is 0.235. The number of nitrogens with one attached hydrogen (secondary N) is 1. The van der Waals surface area contributed by atoms with Crippen molar-refractivity contribution in [3.63, 3.8) is 0 Å². The van der Waals surface area contributed by atoms with Crippen LogP contribution in [0.25, 0.3) is 0 Å². The Bertz CT molecular complexity index is 611. The van der Waals surface area contributed by atoms with Crippen molar-refractivity contribution in [2.24, 2.45) is 0 Å². The summed E-state index contributed by atoms with van der Waals surface area (Å²) in [6.45, 7) is 3.60. The van der Waals surface area contributed by atoms with Crippen molar-refractivity contribution in [3.8, 4) is 0 Å². The van der Waals surface area contributed by atoms with Crippen LogP contribution in [0.15, 0.2) is 48.5 Å². The third kappa shape index (κ3) is 3.54. The topological polar surface area (TPSA) is 58.4 Å². The van der Waals surface area contributed by atoms with Gasteiger partial charge in [-0.1, -0.05) is 30.3 Å². The standard InChI is InChI=1S/C17H21N3O/c1-3-20(12-13-7-5-4-6-8-13)16-11-14(18)9-10-15(16)17(21)19-2/h4-11H,3,12,18H2,1-2H3,(H,19,21). The summed E-state index contributed by atoms with van der Waals surface area (Å²) in [5.74, 6) is -0.100. The summed E-state index contributed by atoms with van der Waals surface area (Å²) >= 11 is 0. The van der Waals surface area contributed by atoms with E-state index in [1.165, 1.54) is 5.56 Å². The van der Waals surface area contributed by atoms with E-state index in [4.69, 9.17) is 5.73 Å². The minimum Gasteiger partial charge on any atom is -0.399 e. The molecule has 0 aliphatic heterocycles. The second-order valence-corrected chi connectivity index (χ2v) is 4.86. The summed E-state index contributed by atoms with van der Waals surface area (Å²) in [4.78, 5) is 14.2. The van der Waals surface area contributed by atoms with Crippen LogP contribution in [-0.4, -0.2) is 19.5 Å². The van der Waals surface area contributed by atoms with Crippen LogP contribution in [0.5, 0.6) is 0 Å². The highest BCUT2D eigenvalue weighted by atomic mass is 16.1. The molecule has 0 aliphatic carbocycles. The van der Waals surface area contributed by atoms with E-state index in [0.29, 0.717) is 11.3 Å². The lowest BCUT2D eigenvalue weighted by Crippen LogP contribution is -2.27. The molecule has 110 valence electrons. The van der Waals surface area contributed by atoms with E-state index in [0.717, 1.165) is 18.8 Å². The van der Waals surface area contributed by atoms with Gasteiger partial charge in [0.05, 0.1) is 11.3 Å². The summed E-state index contributed by atoms with van der Waals surface area (Å²) in [5.41, 5.74) is 9.26. The van der Waals surface area contributed by atoms with Crippen LogP contribution in [-0.2, 0) is 6.54 Å². The Balaban J connectivity index is 2.37. The molecule has 4 nitrogen and oxygen atoms in total. The van der Waals surface area contributed by atoms with Crippen LogP contribution < -0.4 is 16.0 Å². The van der Waals surface area contributed by atoms with E-state index in [1.54, 1.807) is 19.2 Å². The summed E-state index contributed by atoms with van der Waals surface area (Å²) < 4.78 is 0. The Labute approximate surface area is 125 Å². The molecule has 0 fully saturated rings. The summed E-state index contributed by atoms with van der Waals surface area (Å²) in [7, 11) is 1.63. The third-order valence-electron chi connectivity index (χ3n) is 3.43. The molecule has 3 N–H and O–H groups in total. The van der Waals surface area contributed by atoms with Gasteiger partial charge in [0.2, 0.25) is 0 Å². The molecule has 0 heterocycles. The molecule has 2 aromatic carbocycles. The number of hydrogen-bond acceptors (Lipinski definition) is 3. The quantitative estimate of drug-likeness (QED) is 0.829. The van der Waals surface area contributed by atoms with Crippen LogP contribution >= 0.6 is 0 Å². The van der Waals surface area contributed by atoms with Gasteiger partial charge in [-0.25, -0.2) is 0 Å². The molecular formula is C17H21N3O. The van der Waals surface area contributed by atoms with Crippen molar-refractivity contribution in [3.05, 3.63) is 59.7 Å². The van der Waals surface area contributed by atoms with Gasteiger partial charge in [-0.2, -0.15) is 0 Å². The lowest BCUT2D eigenvalue weighted by Gasteiger charge is -2.26. The Hall–Kier alpha value is -2.49. The Morgan fingerprint density at radius 3 is 2.52 bits per heavy atom. The second-order valence-electron chi connectivity index (χ2n) is 4.86. The number of carbonyl (C=O) groups excluding carboxylic acids is 1. The maximum atomic E-state index is 12.0. The molecule has 0 unspecified atom stereocenters. The summed E-state index contributed by atoms with van der Waals surface area (Å²) in [6.07, 6.45) is 0. The van der Waals surface area contributed by atoms with E-state index >= 15 is 0 Å². The lowest BCUT2D eigenvalue weighted by atomic mass is 10.1. The average molecular weight is 283 g/mol. The number of anilines is 2. The molecule has 0 saturated heterocycles. The van der Waals surface area contributed by atoms with Crippen LogP contribution in [0, 0.1) is 0 Å². The third-order valence-corrected chi connectivity index (χ3v) is 3.43. The van der Waals surface area contributed by atoms with Crippen LogP contribution in [0.1, 0.15) is 22.8 Å². The molecule has 0 saturated carbocycles. The Morgan fingerprint density at radius 2 is 1.90 bits per heavy atom. The van der Waals surface area contributed by atoms with Gasteiger partial charge in [0.15, 0.2) is 0 Å². The van der Waals surface area contributed by atoms with Gasteiger partial charge in [0.1, 0.15) is 0 Å².